The molecule has 0 unspecified atom stereocenters. The second-order valence-corrected chi connectivity index (χ2v) is 7.08. The van der Waals surface area contributed by atoms with Crippen molar-refractivity contribution in [2.45, 2.75) is 57.3 Å². The predicted octanol–water partition coefficient (Wildman–Crippen LogP) is 3.82. The third-order valence-corrected chi connectivity index (χ3v) is 5.69. The Bertz CT molecular complexity index is 705. The van der Waals surface area contributed by atoms with Crippen LogP contribution < -0.4 is 5.32 Å². The molecule has 2 aromatic heterocycles. The molecule has 4 nitrogen and oxygen atoms in total. The minimum atomic E-state index is 0.111. The molecule has 2 aromatic rings. The Morgan fingerprint density at radius 1 is 1.21 bits per heavy atom. The fourth-order valence-electron chi connectivity index (χ4n) is 4.24. The molecule has 2 atom stereocenters. The van der Waals surface area contributed by atoms with Crippen LogP contribution >= 0.6 is 12.2 Å². The van der Waals surface area contributed by atoms with Crippen LogP contribution in [-0.4, -0.2) is 25.6 Å². The van der Waals surface area contributed by atoms with Crippen LogP contribution in [0.4, 0.5) is 0 Å². The van der Waals surface area contributed by atoms with E-state index in [0.29, 0.717) is 6.04 Å². The van der Waals surface area contributed by atoms with E-state index in [4.69, 9.17) is 12.2 Å². The molecule has 24 heavy (non-hydrogen) atoms. The maximum absolute atomic E-state index is 5.76. The maximum atomic E-state index is 5.76. The number of hydrogen-bond acceptors (Lipinski definition) is 2. The molecule has 1 N–H and O–H groups in total. The second kappa shape index (κ2) is 6.55. The number of hydrogen-bond donors (Lipinski definition) is 1. The molecule has 2 aliphatic rings. The summed E-state index contributed by atoms with van der Waals surface area (Å²) in [5.74, 6) is 0. The lowest BCUT2D eigenvalue weighted by Gasteiger charge is -2.33. The third kappa shape index (κ3) is 2.61. The van der Waals surface area contributed by atoms with Crippen LogP contribution in [-0.2, 0) is 6.54 Å². The van der Waals surface area contributed by atoms with E-state index in [1.54, 1.807) is 0 Å². The first-order chi connectivity index (χ1) is 11.8. The maximum Gasteiger partial charge on any atom is 0.170 e. The molecule has 1 aliphatic heterocycles. The molecule has 0 spiro atoms. The molecule has 2 fully saturated rings. The van der Waals surface area contributed by atoms with Crippen LogP contribution in [0, 0.1) is 0 Å². The standard InChI is InChI=1S/C19H24N4S/c1-2-22-13-7-11-16(22)18-17(15-10-5-6-12-20-15)21-19(24)23(18)14-8-3-4-9-14/h5-7,10-14,17-18H,2-4,8-9H2,1H3,(H,21,24)/t17-,18-/m0/s1. The summed E-state index contributed by atoms with van der Waals surface area (Å²) in [7, 11) is 0. The van der Waals surface area contributed by atoms with E-state index in [1.165, 1.54) is 31.4 Å². The average Bonchev–Trinajstić information content (AvgIpc) is 3.34. The zero-order chi connectivity index (χ0) is 16.5. The molecule has 0 amide bonds. The van der Waals surface area contributed by atoms with E-state index in [-0.39, 0.29) is 12.1 Å². The van der Waals surface area contributed by atoms with Gasteiger partial charge in [0.25, 0.3) is 0 Å². The minimum Gasteiger partial charge on any atom is -0.352 e. The van der Waals surface area contributed by atoms with E-state index in [0.717, 1.165) is 17.4 Å². The zero-order valence-corrected chi connectivity index (χ0v) is 14.9. The summed E-state index contributed by atoms with van der Waals surface area (Å²) in [5.41, 5.74) is 2.39. The summed E-state index contributed by atoms with van der Waals surface area (Å²) in [6.07, 6.45) is 9.12. The van der Waals surface area contributed by atoms with Crippen molar-refractivity contribution in [2.75, 3.05) is 0 Å². The van der Waals surface area contributed by atoms with Crippen LogP contribution in [0.2, 0.25) is 0 Å². The van der Waals surface area contributed by atoms with Crippen molar-refractivity contribution < 1.29 is 0 Å². The SMILES string of the molecule is CCn1cccc1[C@H]1[C@H](c2ccccn2)NC(=S)N1C1CCCC1. The van der Waals surface area contributed by atoms with Crippen LogP contribution in [0.3, 0.4) is 0 Å². The molecule has 1 saturated heterocycles. The highest BCUT2D eigenvalue weighted by atomic mass is 32.1. The number of aromatic nitrogens is 2. The number of thiocarbonyl (C=S) groups is 1. The number of nitrogens with one attached hydrogen (secondary N) is 1. The Balaban J connectivity index is 1.77. The molecule has 1 saturated carbocycles. The lowest BCUT2D eigenvalue weighted by Crippen LogP contribution is -2.38. The van der Waals surface area contributed by atoms with Gasteiger partial charge in [0.05, 0.1) is 17.8 Å². The minimum absolute atomic E-state index is 0.111. The van der Waals surface area contributed by atoms with E-state index >= 15 is 0 Å². The van der Waals surface area contributed by atoms with Crippen molar-refractivity contribution in [1.82, 2.24) is 19.8 Å². The molecular formula is C19H24N4S. The van der Waals surface area contributed by atoms with Crippen LogP contribution in [0.1, 0.15) is 56.1 Å². The number of pyridine rings is 1. The van der Waals surface area contributed by atoms with Gasteiger partial charge in [-0.2, -0.15) is 0 Å². The van der Waals surface area contributed by atoms with E-state index < -0.39 is 0 Å². The largest absolute Gasteiger partial charge is 0.352 e. The number of nitrogens with zero attached hydrogens (tertiary/aromatic N) is 3. The summed E-state index contributed by atoms with van der Waals surface area (Å²) in [6, 6.07) is 11.4. The van der Waals surface area contributed by atoms with Crippen molar-refractivity contribution in [3.8, 4) is 0 Å². The van der Waals surface area contributed by atoms with Crippen molar-refractivity contribution in [3.05, 3.63) is 54.1 Å². The summed E-state index contributed by atoms with van der Waals surface area (Å²) in [6.45, 7) is 3.17. The van der Waals surface area contributed by atoms with Crippen molar-refractivity contribution in [3.63, 3.8) is 0 Å². The Kier molecular flexibility index (Phi) is 4.27. The molecule has 0 bridgehead atoms. The fraction of sp³-hybridized carbons (Fsp3) is 0.474. The summed E-state index contributed by atoms with van der Waals surface area (Å²) in [4.78, 5) is 7.08. The Labute approximate surface area is 148 Å². The van der Waals surface area contributed by atoms with E-state index in [2.05, 4.69) is 57.2 Å². The average molecular weight is 340 g/mol. The van der Waals surface area contributed by atoms with Crippen LogP contribution in [0.15, 0.2) is 42.7 Å². The summed E-state index contributed by atoms with van der Waals surface area (Å²) >= 11 is 5.76. The molecule has 0 radical (unpaired) electrons. The third-order valence-electron chi connectivity index (χ3n) is 5.36. The van der Waals surface area contributed by atoms with Gasteiger partial charge >= 0.3 is 0 Å². The summed E-state index contributed by atoms with van der Waals surface area (Å²) < 4.78 is 2.33. The molecular weight excluding hydrogens is 316 g/mol. The van der Waals surface area contributed by atoms with Gasteiger partial charge in [0.2, 0.25) is 0 Å². The van der Waals surface area contributed by atoms with Gasteiger partial charge in [-0.25, -0.2) is 0 Å². The lowest BCUT2D eigenvalue weighted by atomic mass is 9.99. The number of aryl methyl sites for hydroxylation is 1. The highest BCUT2D eigenvalue weighted by Crippen LogP contribution is 2.42. The molecule has 1 aliphatic carbocycles. The van der Waals surface area contributed by atoms with Crippen molar-refractivity contribution in [1.29, 1.82) is 0 Å². The number of rotatable bonds is 4. The van der Waals surface area contributed by atoms with Crippen LogP contribution in [0.25, 0.3) is 0 Å². The lowest BCUT2D eigenvalue weighted by molar-refractivity contribution is 0.237. The Morgan fingerprint density at radius 2 is 2.04 bits per heavy atom. The van der Waals surface area contributed by atoms with E-state index in [1.807, 2.05) is 12.3 Å². The smallest absolute Gasteiger partial charge is 0.170 e. The molecule has 5 heteroatoms. The first-order valence-corrected chi connectivity index (χ1v) is 9.35. The monoisotopic (exact) mass is 340 g/mol. The van der Waals surface area contributed by atoms with Gasteiger partial charge in [0.1, 0.15) is 0 Å². The van der Waals surface area contributed by atoms with Gasteiger partial charge in [-0.3, -0.25) is 4.98 Å². The van der Waals surface area contributed by atoms with Crippen LogP contribution in [0.5, 0.6) is 0 Å². The second-order valence-electron chi connectivity index (χ2n) is 6.69. The van der Waals surface area contributed by atoms with Gasteiger partial charge in [0.15, 0.2) is 5.11 Å². The zero-order valence-electron chi connectivity index (χ0n) is 14.1. The molecule has 3 heterocycles. The quantitative estimate of drug-likeness (QED) is 0.858. The molecule has 4 rings (SSSR count). The van der Waals surface area contributed by atoms with Gasteiger partial charge in [-0.15, -0.1) is 0 Å². The van der Waals surface area contributed by atoms with Gasteiger partial charge in [-0.1, -0.05) is 18.9 Å². The molecule has 0 aromatic carbocycles. The normalized spacial score (nSPS) is 24.5. The summed E-state index contributed by atoms with van der Waals surface area (Å²) in [5, 5.41) is 4.45. The van der Waals surface area contributed by atoms with Crippen molar-refractivity contribution in [2.24, 2.45) is 0 Å². The first-order valence-electron chi connectivity index (χ1n) is 8.94. The molecule has 126 valence electrons. The Morgan fingerprint density at radius 3 is 2.75 bits per heavy atom. The fourth-order valence-corrected chi connectivity index (χ4v) is 4.63. The first kappa shape index (κ1) is 15.6. The predicted molar refractivity (Wildman–Crippen MR) is 99.7 cm³/mol. The highest BCUT2D eigenvalue weighted by molar-refractivity contribution is 7.80. The topological polar surface area (TPSA) is 33.1 Å². The van der Waals surface area contributed by atoms with Gasteiger partial charge in [-0.05, 0) is 56.2 Å². The van der Waals surface area contributed by atoms with E-state index in [9.17, 15) is 0 Å². The Hall–Kier alpha value is -1.88. The van der Waals surface area contributed by atoms with Crippen molar-refractivity contribution >= 4 is 17.3 Å². The van der Waals surface area contributed by atoms with Gasteiger partial charge in [0, 0.05) is 30.7 Å². The van der Waals surface area contributed by atoms with Gasteiger partial charge < -0.3 is 14.8 Å². The highest BCUT2D eigenvalue weighted by Gasteiger charge is 2.44.